The van der Waals surface area contributed by atoms with Crippen LogP contribution in [0.2, 0.25) is 0 Å². The SMILES string of the molecule is [C-]#[N+]c1ccc(Oc2cncn2Cc2ccc(-c3ccccc3)cn2)cc1. The number of rotatable bonds is 5. The van der Waals surface area contributed by atoms with Crippen LogP contribution < -0.4 is 4.74 Å². The molecule has 2 aromatic heterocycles. The van der Waals surface area contributed by atoms with Crippen LogP contribution in [0.4, 0.5) is 5.69 Å². The van der Waals surface area contributed by atoms with E-state index < -0.39 is 0 Å². The van der Waals surface area contributed by atoms with E-state index in [4.69, 9.17) is 11.3 Å². The first-order valence-corrected chi connectivity index (χ1v) is 8.48. The van der Waals surface area contributed by atoms with Crippen molar-refractivity contribution in [3.05, 3.63) is 103 Å². The molecule has 2 aromatic carbocycles. The number of nitrogens with zero attached hydrogens (tertiary/aromatic N) is 4. The topological polar surface area (TPSA) is 44.3 Å². The fourth-order valence-corrected chi connectivity index (χ4v) is 2.72. The molecule has 0 aliphatic heterocycles. The zero-order chi connectivity index (χ0) is 18.5. The fraction of sp³-hybridized carbons (Fsp3) is 0.0455. The van der Waals surface area contributed by atoms with Gasteiger partial charge in [-0.2, -0.15) is 0 Å². The summed E-state index contributed by atoms with van der Waals surface area (Å²) in [6.07, 6.45) is 5.27. The highest BCUT2D eigenvalue weighted by Gasteiger charge is 2.07. The molecule has 0 aliphatic rings. The van der Waals surface area contributed by atoms with E-state index in [1.807, 2.05) is 35.0 Å². The maximum Gasteiger partial charge on any atom is 0.220 e. The maximum absolute atomic E-state index is 7.00. The lowest BCUT2D eigenvalue weighted by molar-refractivity contribution is 0.435. The van der Waals surface area contributed by atoms with Gasteiger partial charge in [0.2, 0.25) is 5.88 Å². The zero-order valence-electron chi connectivity index (χ0n) is 14.5. The minimum atomic E-state index is 0.560. The number of aromatic nitrogens is 3. The molecule has 130 valence electrons. The van der Waals surface area contributed by atoms with Gasteiger partial charge in [-0.15, -0.1) is 0 Å². The van der Waals surface area contributed by atoms with Gasteiger partial charge in [-0.05, 0) is 23.8 Å². The van der Waals surface area contributed by atoms with E-state index in [0.29, 0.717) is 23.9 Å². The second-order valence-electron chi connectivity index (χ2n) is 5.97. The molecule has 27 heavy (non-hydrogen) atoms. The lowest BCUT2D eigenvalue weighted by Crippen LogP contribution is -2.02. The van der Waals surface area contributed by atoms with Crippen LogP contribution in [0.3, 0.4) is 0 Å². The highest BCUT2D eigenvalue weighted by molar-refractivity contribution is 5.62. The molecule has 0 amide bonds. The average molecular weight is 352 g/mol. The number of hydrogen-bond donors (Lipinski definition) is 0. The van der Waals surface area contributed by atoms with Crippen molar-refractivity contribution < 1.29 is 4.74 Å². The Labute approximate surface area is 157 Å². The molecule has 0 radical (unpaired) electrons. The summed E-state index contributed by atoms with van der Waals surface area (Å²) >= 11 is 0. The fourth-order valence-electron chi connectivity index (χ4n) is 2.72. The Morgan fingerprint density at radius 2 is 1.70 bits per heavy atom. The van der Waals surface area contributed by atoms with Crippen molar-refractivity contribution in [1.82, 2.24) is 14.5 Å². The minimum Gasteiger partial charge on any atom is -0.439 e. The molecule has 0 fully saturated rings. The summed E-state index contributed by atoms with van der Waals surface area (Å²) in [5.41, 5.74) is 3.73. The van der Waals surface area contributed by atoms with Crippen molar-refractivity contribution in [2.45, 2.75) is 6.54 Å². The second-order valence-corrected chi connectivity index (χ2v) is 5.97. The molecule has 0 unspecified atom stereocenters. The van der Waals surface area contributed by atoms with Gasteiger partial charge in [0, 0.05) is 11.8 Å². The van der Waals surface area contributed by atoms with Gasteiger partial charge in [-0.3, -0.25) is 9.55 Å². The summed E-state index contributed by atoms with van der Waals surface area (Å²) in [5.74, 6) is 1.29. The van der Waals surface area contributed by atoms with E-state index in [2.05, 4.69) is 33.0 Å². The van der Waals surface area contributed by atoms with Crippen molar-refractivity contribution in [2.75, 3.05) is 0 Å². The molecule has 0 aliphatic carbocycles. The number of benzene rings is 2. The molecule has 0 bridgehead atoms. The van der Waals surface area contributed by atoms with Crippen LogP contribution in [0.15, 0.2) is 85.5 Å². The molecule has 5 nitrogen and oxygen atoms in total. The van der Waals surface area contributed by atoms with Crippen LogP contribution in [0, 0.1) is 6.57 Å². The van der Waals surface area contributed by atoms with Gasteiger partial charge in [0.05, 0.1) is 31.3 Å². The first kappa shape index (κ1) is 16.6. The van der Waals surface area contributed by atoms with Crippen molar-refractivity contribution in [1.29, 1.82) is 0 Å². The highest BCUT2D eigenvalue weighted by atomic mass is 16.5. The molecule has 2 heterocycles. The van der Waals surface area contributed by atoms with Crippen LogP contribution in [0.1, 0.15) is 5.69 Å². The number of pyridine rings is 1. The van der Waals surface area contributed by atoms with Crippen molar-refractivity contribution >= 4 is 5.69 Å². The smallest absolute Gasteiger partial charge is 0.220 e. The van der Waals surface area contributed by atoms with Crippen molar-refractivity contribution in [2.24, 2.45) is 0 Å². The van der Waals surface area contributed by atoms with Gasteiger partial charge >= 0.3 is 0 Å². The summed E-state index contributed by atoms with van der Waals surface area (Å²) in [4.78, 5) is 12.1. The van der Waals surface area contributed by atoms with E-state index in [1.54, 1.807) is 36.8 Å². The Kier molecular flexibility index (Phi) is 4.62. The first-order valence-electron chi connectivity index (χ1n) is 8.48. The maximum atomic E-state index is 7.00. The van der Waals surface area contributed by atoms with Gasteiger partial charge < -0.3 is 4.74 Å². The largest absolute Gasteiger partial charge is 0.439 e. The predicted octanol–water partition coefficient (Wildman–Crippen LogP) is 5.34. The molecule has 0 atom stereocenters. The zero-order valence-corrected chi connectivity index (χ0v) is 14.5. The van der Waals surface area contributed by atoms with Crippen molar-refractivity contribution in [3.63, 3.8) is 0 Å². The number of imidazole rings is 1. The summed E-state index contributed by atoms with van der Waals surface area (Å²) in [7, 11) is 0. The molecule has 0 saturated heterocycles. The van der Waals surface area contributed by atoms with Crippen LogP contribution in [0.25, 0.3) is 16.0 Å². The Morgan fingerprint density at radius 3 is 2.41 bits per heavy atom. The molecule has 4 aromatic rings. The third-order valence-electron chi connectivity index (χ3n) is 4.13. The monoisotopic (exact) mass is 352 g/mol. The van der Waals surface area contributed by atoms with E-state index >= 15 is 0 Å². The third kappa shape index (κ3) is 3.86. The Hall–Kier alpha value is -3.91. The summed E-state index contributed by atoms with van der Waals surface area (Å²) < 4.78 is 7.78. The molecule has 0 N–H and O–H groups in total. The van der Waals surface area contributed by atoms with Gasteiger partial charge in [0.15, 0.2) is 5.69 Å². The van der Waals surface area contributed by atoms with E-state index in [0.717, 1.165) is 16.8 Å². The predicted molar refractivity (Wildman–Crippen MR) is 104 cm³/mol. The molecular weight excluding hydrogens is 336 g/mol. The lowest BCUT2D eigenvalue weighted by atomic mass is 10.1. The summed E-state index contributed by atoms with van der Waals surface area (Å²) in [6.45, 7) is 7.56. The number of hydrogen-bond acceptors (Lipinski definition) is 3. The van der Waals surface area contributed by atoms with Crippen LogP contribution in [0.5, 0.6) is 11.6 Å². The Morgan fingerprint density at radius 1 is 0.889 bits per heavy atom. The van der Waals surface area contributed by atoms with Gasteiger partial charge in [0.1, 0.15) is 5.75 Å². The van der Waals surface area contributed by atoms with Gasteiger partial charge in [-0.25, -0.2) is 9.83 Å². The molecule has 0 spiro atoms. The number of ether oxygens (including phenoxy) is 1. The van der Waals surface area contributed by atoms with E-state index in [1.165, 1.54) is 0 Å². The summed E-state index contributed by atoms with van der Waals surface area (Å²) in [6, 6.07) is 21.3. The Bertz CT molecular complexity index is 1060. The normalized spacial score (nSPS) is 10.3. The second kappa shape index (κ2) is 7.54. The highest BCUT2D eigenvalue weighted by Crippen LogP contribution is 2.24. The Balaban J connectivity index is 1.49. The van der Waals surface area contributed by atoms with Crippen LogP contribution >= 0.6 is 0 Å². The minimum absolute atomic E-state index is 0.560. The van der Waals surface area contributed by atoms with Gasteiger partial charge in [-0.1, -0.05) is 48.5 Å². The first-order chi connectivity index (χ1) is 13.3. The average Bonchev–Trinajstić information content (AvgIpc) is 3.16. The molecule has 0 saturated carbocycles. The van der Waals surface area contributed by atoms with E-state index in [-0.39, 0.29) is 0 Å². The van der Waals surface area contributed by atoms with Crippen molar-refractivity contribution in [3.8, 4) is 22.8 Å². The standard InChI is InChI=1S/C22H16N4O/c1-23-19-9-11-21(12-10-19)27-22-14-24-16-26(22)15-20-8-7-18(13-25-20)17-5-3-2-4-6-17/h2-14,16H,15H2. The molecule has 5 heteroatoms. The molecule has 4 rings (SSSR count). The lowest BCUT2D eigenvalue weighted by Gasteiger charge is -2.10. The molecular formula is C22H16N4O. The van der Waals surface area contributed by atoms with Crippen LogP contribution in [-0.4, -0.2) is 14.5 Å². The van der Waals surface area contributed by atoms with Crippen LogP contribution in [-0.2, 0) is 6.54 Å². The summed E-state index contributed by atoms with van der Waals surface area (Å²) in [5, 5.41) is 0. The quantitative estimate of drug-likeness (QED) is 0.456. The van der Waals surface area contributed by atoms with Gasteiger partial charge in [0.25, 0.3) is 0 Å². The van der Waals surface area contributed by atoms with E-state index in [9.17, 15) is 0 Å². The third-order valence-corrected chi connectivity index (χ3v) is 4.13.